The van der Waals surface area contributed by atoms with Gasteiger partial charge in [-0.2, -0.15) is 5.26 Å². The van der Waals surface area contributed by atoms with Gasteiger partial charge in [-0.05, 0) is 17.7 Å². The van der Waals surface area contributed by atoms with E-state index in [1.807, 2.05) is 0 Å². The third-order valence-corrected chi connectivity index (χ3v) is 1.51. The molecule has 12 heavy (non-hydrogen) atoms. The Morgan fingerprint density at radius 3 is 2.83 bits per heavy atom. The summed E-state index contributed by atoms with van der Waals surface area (Å²) >= 11 is 5.19. The molecule has 0 aliphatic rings. The third kappa shape index (κ3) is 1.36. The number of nitrogen functional groups attached to an aromatic ring is 1. The summed E-state index contributed by atoms with van der Waals surface area (Å²) in [6, 6.07) is 3.10. The molecule has 60 valence electrons. The molecule has 0 aliphatic heterocycles. The Morgan fingerprint density at radius 1 is 1.75 bits per heavy atom. The van der Waals surface area contributed by atoms with E-state index < -0.39 is 5.24 Å². The van der Waals surface area contributed by atoms with Crippen LogP contribution in [-0.4, -0.2) is 10.2 Å². The molecule has 0 fully saturated rings. The predicted octanol–water partition coefficient (Wildman–Crippen LogP) is 0.914. The predicted molar refractivity (Wildman–Crippen MR) is 43.5 cm³/mol. The molecular weight excluding hydrogens is 178 g/mol. The number of hydrogen-bond acceptors (Lipinski definition) is 4. The molecule has 0 aromatic carbocycles. The van der Waals surface area contributed by atoms with E-state index in [0.717, 1.165) is 0 Å². The average Bonchev–Trinajstić information content (AvgIpc) is 2.03. The number of carbonyl (C=O) groups excluding carboxylic acids is 1. The zero-order valence-electron chi connectivity index (χ0n) is 5.91. The van der Waals surface area contributed by atoms with Gasteiger partial charge < -0.3 is 5.73 Å². The second kappa shape index (κ2) is 3.20. The van der Waals surface area contributed by atoms with Crippen molar-refractivity contribution in [3.05, 3.63) is 23.4 Å². The molecule has 2 N–H and O–H groups in total. The highest BCUT2D eigenvalue weighted by molar-refractivity contribution is 6.68. The molecule has 0 atom stereocenters. The number of pyridine rings is 1. The Hall–Kier alpha value is -1.60. The van der Waals surface area contributed by atoms with Crippen LogP contribution in [0.15, 0.2) is 12.3 Å². The van der Waals surface area contributed by atoms with E-state index in [2.05, 4.69) is 4.98 Å². The number of carbonyl (C=O) groups is 1. The van der Waals surface area contributed by atoms with Crippen molar-refractivity contribution in [1.29, 1.82) is 5.26 Å². The van der Waals surface area contributed by atoms with Crippen molar-refractivity contribution >= 4 is 22.7 Å². The summed E-state index contributed by atoms with van der Waals surface area (Å²) in [6.45, 7) is 0. The standard InChI is InChI=1S/C7H4ClN3O/c8-6(12)4-1-2-11-7(10)5(4)3-9/h1-2H,(H2,10,11). The first kappa shape index (κ1) is 8.50. The van der Waals surface area contributed by atoms with Gasteiger partial charge in [0.15, 0.2) is 0 Å². The summed E-state index contributed by atoms with van der Waals surface area (Å²) in [5, 5.41) is 7.86. The first-order valence-electron chi connectivity index (χ1n) is 3.01. The Bertz CT molecular complexity index is 369. The normalized spacial score (nSPS) is 9.00. The Kier molecular flexibility index (Phi) is 2.26. The fourth-order valence-corrected chi connectivity index (χ4v) is 0.917. The number of hydrogen-bond donors (Lipinski definition) is 1. The van der Waals surface area contributed by atoms with Gasteiger partial charge >= 0.3 is 0 Å². The van der Waals surface area contributed by atoms with Gasteiger partial charge in [0.1, 0.15) is 17.5 Å². The molecule has 4 nitrogen and oxygen atoms in total. The van der Waals surface area contributed by atoms with Crippen LogP contribution in [0.5, 0.6) is 0 Å². The van der Waals surface area contributed by atoms with Gasteiger partial charge in [-0.15, -0.1) is 0 Å². The number of nitriles is 1. The molecule has 0 spiro atoms. The maximum atomic E-state index is 10.7. The van der Waals surface area contributed by atoms with Crippen molar-refractivity contribution in [2.45, 2.75) is 0 Å². The first-order valence-corrected chi connectivity index (χ1v) is 3.39. The van der Waals surface area contributed by atoms with E-state index >= 15 is 0 Å². The van der Waals surface area contributed by atoms with E-state index in [1.54, 1.807) is 6.07 Å². The molecule has 0 radical (unpaired) electrons. The summed E-state index contributed by atoms with van der Waals surface area (Å²) in [6.07, 6.45) is 1.33. The van der Waals surface area contributed by atoms with Crippen LogP contribution in [0.2, 0.25) is 0 Å². The minimum Gasteiger partial charge on any atom is -0.383 e. The van der Waals surface area contributed by atoms with Crippen LogP contribution in [0.3, 0.4) is 0 Å². The van der Waals surface area contributed by atoms with Crippen molar-refractivity contribution in [1.82, 2.24) is 4.98 Å². The van der Waals surface area contributed by atoms with Crippen molar-refractivity contribution in [3.8, 4) is 6.07 Å². The van der Waals surface area contributed by atoms with E-state index in [9.17, 15) is 4.79 Å². The van der Waals surface area contributed by atoms with Gasteiger partial charge in [-0.25, -0.2) is 4.98 Å². The zero-order chi connectivity index (χ0) is 9.14. The fourth-order valence-electron chi connectivity index (χ4n) is 0.759. The van der Waals surface area contributed by atoms with E-state index in [1.165, 1.54) is 12.3 Å². The lowest BCUT2D eigenvalue weighted by atomic mass is 10.1. The summed E-state index contributed by atoms with van der Waals surface area (Å²) in [5.41, 5.74) is 5.44. The molecule has 1 aromatic heterocycles. The molecule has 0 saturated heterocycles. The monoisotopic (exact) mass is 181 g/mol. The Balaban J connectivity index is 3.40. The van der Waals surface area contributed by atoms with Crippen LogP contribution >= 0.6 is 11.6 Å². The van der Waals surface area contributed by atoms with Gasteiger partial charge in [-0.3, -0.25) is 4.79 Å². The van der Waals surface area contributed by atoms with Crippen LogP contribution in [0.25, 0.3) is 0 Å². The summed E-state index contributed by atoms with van der Waals surface area (Å²) in [4.78, 5) is 14.3. The number of aromatic nitrogens is 1. The number of nitrogens with zero attached hydrogens (tertiary/aromatic N) is 2. The minimum absolute atomic E-state index is 0.0176. The van der Waals surface area contributed by atoms with Crippen molar-refractivity contribution in [3.63, 3.8) is 0 Å². The second-order valence-corrected chi connectivity index (χ2v) is 2.35. The van der Waals surface area contributed by atoms with Gasteiger partial charge in [0.2, 0.25) is 0 Å². The van der Waals surface area contributed by atoms with Gasteiger partial charge in [0.05, 0.1) is 5.56 Å². The third-order valence-electron chi connectivity index (χ3n) is 1.30. The molecule has 0 aliphatic carbocycles. The summed E-state index contributed by atoms with van der Waals surface area (Å²) in [5.74, 6) is 0.0176. The SMILES string of the molecule is N#Cc1c(C(=O)Cl)ccnc1N. The largest absolute Gasteiger partial charge is 0.383 e. The lowest BCUT2D eigenvalue weighted by Gasteiger charge is -1.98. The Morgan fingerprint density at radius 2 is 2.42 bits per heavy atom. The molecule has 1 aromatic rings. The molecule has 0 amide bonds. The highest BCUT2D eigenvalue weighted by Gasteiger charge is 2.11. The molecular formula is C7H4ClN3O. The van der Waals surface area contributed by atoms with E-state index in [-0.39, 0.29) is 16.9 Å². The molecule has 1 heterocycles. The van der Waals surface area contributed by atoms with Crippen LogP contribution in [0.1, 0.15) is 15.9 Å². The molecule has 5 heteroatoms. The fraction of sp³-hybridized carbons (Fsp3) is 0. The number of nitrogens with two attached hydrogens (primary N) is 1. The highest BCUT2D eigenvalue weighted by atomic mass is 35.5. The second-order valence-electron chi connectivity index (χ2n) is 2.00. The maximum absolute atomic E-state index is 10.7. The number of anilines is 1. The smallest absolute Gasteiger partial charge is 0.253 e. The zero-order valence-corrected chi connectivity index (χ0v) is 6.67. The summed E-state index contributed by atoms with van der Waals surface area (Å²) < 4.78 is 0. The van der Waals surface area contributed by atoms with E-state index in [4.69, 9.17) is 22.6 Å². The minimum atomic E-state index is -0.708. The van der Waals surface area contributed by atoms with Crippen LogP contribution in [0, 0.1) is 11.3 Å². The summed E-state index contributed by atoms with van der Waals surface area (Å²) in [7, 11) is 0. The highest BCUT2D eigenvalue weighted by Crippen LogP contribution is 2.14. The topological polar surface area (TPSA) is 79.8 Å². The van der Waals surface area contributed by atoms with Gasteiger partial charge in [-0.1, -0.05) is 0 Å². The van der Waals surface area contributed by atoms with Crippen molar-refractivity contribution < 1.29 is 4.79 Å². The van der Waals surface area contributed by atoms with Crippen LogP contribution in [-0.2, 0) is 0 Å². The van der Waals surface area contributed by atoms with Crippen LogP contribution in [0.4, 0.5) is 5.82 Å². The lowest BCUT2D eigenvalue weighted by molar-refractivity contribution is 0.108. The maximum Gasteiger partial charge on any atom is 0.253 e. The quantitative estimate of drug-likeness (QED) is 0.654. The van der Waals surface area contributed by atoms with E-state index in [0.29, 0.717) is 0 Å². The van der Waals surface area contributed by atoms with Gasteiger partial charge in [0, 0.05) is 6.20 Å². The number of rotatable bonds is 1. The lowest BCUT2D eigenvalue weighted by Crippen LogP contribution is -2.01. The molecule has 0 saturated carbocycles. The average molecular weight is 182 g/mol. The van der Waals surface area contributed by atoms with Gasteiger partial charge in [0.25, 0.3) is 5.24 Å². The first-order chi connectivity index (χ1) is 5.66. The number of halogens is 1. The van der Waals surface area contributed by atoms with Crippen molar-refractivity contribution in [2.75, 3.05) is 5.73 Å². The molecule has 1 rings (SSSR count). The van der Waals surface area contributed by atoms with Crippen LogP contribution < -0.4 is 5.73 Å². The molecule has 0 unspecified atom stereocenters. The molecule has 0 bridgehead atoms. The Labute approximate surface area is 73.6 Å². The van der Waals surface area contributed by atoms with Crippen molar-refractivity contribution in [2.24, 2.45) is 0 Å².